The van der Waals surface area contributed by atoms with Crippen LogP contribution in [0.25, 0.3) is 0 Å². The van der Waals surface area contributed by atoms with Crippen LogP contribution in [0.3, 0.4) is 0 Å². The van der Waals surface area contributed by atoms with Gasteiger partial charge in [-0.25, -0.2) is 0 Å². The minimum absolute atomic E-state index is 0.436. The van der Waals surface area contributed by atoms with Crippen molar-refractivity contribution in [3.05, 3.63) is 35.4 Å². The zero-order chi connectivity index (χ0) is 14.1. The quantitative estimate of drug-likeness (QED) is 0.731. The van der Waals surface area contributed by atoms with Gasteiger partial charge in [0.15, 0.2) is 0 Å². The van der Waals surface area contributed by atoms with Crippen LogP contribution in [-0.2, 0) is 6.42 Å². The SMILES string of the molecule is CCCN(CC)CCNC(C)c1ccc(CC)cc1. The lowest BCUT2D eigenvalue weighted by atomic mass is 10.1. The molecule has 1 atom stereocenters. The molecule has 0 saturated heterocycles. The van der Waals surface area contributed by atoms with Crippen LogP contribution in [0.5, 0.6) is 0 Å². The highest BCUT2D eigenvalue weighted by atomic mass is 15.1. The van der Waals surface area contributed by atoms with Crippen molar-refractivity contribution in [1.29, 1.82) is 0 Å². The first-order valence-electron chi connectivity index (χ1n) is 7.75. The highest BCUT2D eigenvalue weighted by molar-refractivity contribution is 5.24. The Labute approximate surface area is 119 Å². The van der Waals surface area contributed by atoms with Gasteiger partial charge in [-0.15, -0.1) is 0 Å². The van der Waals surface area contributed by atoms with E-state index >= 15 is 0 Å². The van der Waals surface area contributed by atoms with Gasteiger partial charge in [0.2, 0.25) is 0 Å². The van der Waals surface area contributed by atoms with Crippen molar-refractivity contribution in [3.8, 4) is 0 Å². The molecule has 108 valence electrons. The predicted molar refractivity (Wildman–Crippen MR) is 84.6 cm³/mol. The molecule has 19 heavy (non-hydrogen) atoms. The van der Waals surface area contributed by atoms with Crippen molar-refractivity contribution in [2.45, 2.75) is 46.6 Å². The lowest BCUT2D eigenvalue weighted by Gasteiger charge is -2.21. The molecule has 1 aromatic carbocycles. The van der Waals surface area contributed by atoms with Crippen LogP contribution in [0.1, 0.15) is 51.3 Å². The normalized spacial score (nSPS) is 12.9. The largest absolute Gasteiger partial charge is 0.309 e. The lowest BCUT2D eigenvalue weighted by molar-refractivity contribution is 0.284. The van der Waals surface area contributed by atoms with Gasteiger partial charge in [0.25, 0.3) is 0 Å². The molecule has 1 N–H and O–H groups in total. The molecule has 0 aliphatic carbocycles. The van der Waals surface area contributed by atoms with Crippen LogP contribution in [0.4, 0.5) is 0 Å². The summed E-state index contributed by atoms with van der Waals surface area (Å²) in [7, 11) is 0. The molecule has 0 aromatic heterocycles. The van der Waals surface area contributed by atoms with E-state index in [9.17, 15) is 0 Å². The second-order valence-corrected chi connectivity index (χ2v) is 5.21. The summed E-state index contributed by atoms with van der Waals surface area (Å²) >= 11 is 0. The topological polar surface area (TPSA) is 15.3 Å². The molecule has 1 unspecified atom stereocenters. The van der Waals surface area contributed by atoms with E-state index in [0.717, 1.165) is 26.1 Å². The fraction of sp³-hybridized carbons (Fsp3) is 0.647. The number of aryl methyl sites for hydroxylation is 1. The van der Waals surface area contributed by atoms with Gasteiger partial charge in [-0.05, 0) is 44.0 Å². The highest BCUT2D eigenvalue weighted by Gasteiger charge is 2.05. The zero-order valence-electron chi connectivity index (χ0n) is 13.1. The monoisotopic (exact) mass is 262 g/mol. The Morgan fingerprint density at radius 2 is 1.74 bits per heavy atom. The molecule has 0 radical (unpaired) electrons. The smallest absolute Gasteiger partial charge is 0.0292 e. The summed E-state index contributed by atoms with van der Waals surface area (Å²) in [6.07, 6.45) is 2.35. The molecule has 0 saturated carbocycles. The lowest BCUT2D eigenvalue weighted by Crippen LogP contribution is -2.33. The maximum Gasteiger partial charge on any atom is 0.0292 e. The highest BCUT2D eigenvalue weighted by Crippen LogP contribution is 2.13. The number of nitrogens with zero attached hydrogens (tertiary/aromatic N) is 1. The van der Waals surface area contributed by atoms with Crippen LogP contribution in [0.2, 0.25) is 0 Å². The Hall–Kier alpha value is -0.860. The first-order chi connectivity index (χ1) is 9.21. The molecule has 2 heteroatoms. The molecule has 0 amide bonds. The Morgan fingerprint density at radius 1 is 1.05 bits per heavy atom. The van der Waals surface area contributed by atoms with Gasteiger partial charge in [0.1, 0.15) is 0 Å². The summed E-state index contributed by atoms with van der Waals surface area (Å²) in [5.74, 6) is 0. The number of likely N-dealkylation sites (N-methyl/N-ethyl adjacent to an activating group) is 1. The van der Waals surface area contributed by atoms with Crippen LogP contribution >= 0.6 is 0 Å². The molecule has 0 aliphatic rings. The van der Waals surface area contributed by atoms with Gasteiger partial charge in [-0.1, -0.05) is 45.0 Å². The zero-order valence-corrected chi connectivity index (χ0v) is 13.1. The van der Waals surface area contributed by atoms with E-state index < -0.39 is 0 Å². The summed E-state index contributed by atoms with van der Waals surface area (Å²) in [6.45, 7) is 13.5. The summed E-state index contributed by atoms with van der Waals surface area (Å²) in [5.41, 5.74) is 2.80. The molecule has 0 heterocycles. The fourth-order valence-electron chi connectivity index (χ4n) is 2.34. The molecule has 1 rings (SSSR count). The van der Waals surface area contributed by atoms with Crippen molar-refractivity contribution >= 4 is 0 Å². The van der Waals surface area contributed by atoms with Gasteiger partial charge < -0.3 is 10.2 Å². The van der Waals surface area contributed by atoms with Gasteiger partial charge in [-0.3, -0.25) is 0 Å². The van der Waals surface area contributed by atoms with Gasteiger partial charge >= 0.3 is 0 Å². The number of nitrogens with one attached hydrogen (secondary N) is 1. The maximum atomic E-state index is 3.62. The van der Waals surface area contributed by atoms with Crippen molar-refractivity contribution in [2.75, 3.05) is 26.2 Å². The third-order valence-electron chi connectivity index (χ3n) is 3.75. The molecule has 2 nitrogen and oxygen atoms in total. The van der Waals surface area contributed by atoms with Gasteiger partial charge in [-0.2, -0.15) is 0 Å². The first-order valence-corrected chi connectivity index (χ1v) is 7.75. The van der Waals surface area contributed by atoms with E-state index in [0.29, 0.717) is 6.04 Å². The van der Waals surface area contributed by atoms with Crippen LogP contribution < -0.4 is 5.32 Å². The van der Waals surface area contributed by atoms with Crippen LogP contribution in [-0.4, -0.2) is 31.1 Å². The minimum atomic E-state index is 0.436. The number of benzene rings is 1. The van der Waals surface area contributed by atoms with Crippen molar-refractivity contribution < 1.29 is 0 Å². The van der Waals surface area contributed by atoms with Crippen LogP contribution in [0, 0.1) is 0 Å². The molecular formula is C17H30N2. The standard InChI is InChI=1S/C17H30N2/c1-5-13-19(7-3)14-12-18-15(4)17-10-8-16(6-2)9-11-17/h8-11,15,18H,5-7,12-14H2,1-4H3. The fourth-order valence-corrected chi connectivity index (χ4v) is 2.34. The summed E-state index contributed by atoms with van der Waals surface area (Å²) < 4.78 is 0. The molecule has 0 bridgehead atoms. The third-order valence-corrected chi connectivity index (χ3v) is 3.75. The molecule has 0 aliphatic heterocycles. The molecule has 1 aromatic rings. The van der Waals surface area contributed by atoms with E-state index in [1.165, 1.54) is 24.1 Å². The summed E-state index contributed by atoms with van der Waals surface area (Å²) in [6, 6.07) is 9.41. The summed E-state index contributed by atoms with van der Waals surface area (Å²) in [4.78, 5) is 2.50. The average Bonchev–Trinajstić information content (AvgIpc) is 2.46. The van der Waals surface area contributed by atoms with Crippen molar-refractivity contribution in [3.63, 3.8) is 0 Å². The summed E-state index contributed by atoms with van der Waals surface area (Å²) in [5, 5.41) is 3.62. The Morgan fingerprint density at radius 3 is 2.26 bits per heavy atom. The molecular weight excluding hydrogens is 232 g/mol. The van der Waals surface area contributed by atoms with Crippen molar-refractivity contribution in [2.24, 2.45) is 0 Å². The number of hydrogen-bond donors (Lipinski definition) is 1. The van der Waals surface area contributed by atoms with Crippen LogP contribution in [0.15, 0.2) is 24.3 Å². The first kappa shape index (κ1) is 16.2. The van der Waals surface area contributed by atoms with Gasteiger partial charge in [0.05, 0.1) is 0 Å². The van der Waals surface area contributed by atoms with E-state index in [-0.39, 0.29) is 0 Å². The Balaban J connectivity index is 2.35. The number of rotatable bonds is 9. The predicted octanol–water partition coefficient (Wildman–Crippen LogP) is 3.63. The van der Waals surface area contributed by atoms with E-state index in [1.807, 2.05) is 0 Å². The maximum absolute atomic E-state index is 3.62. The average molecular weight is 262 g/mol. The molecule has 0 fully saturated rings. The Bertz CT molecular complexity index is 332. The minimum Gasteiger partial charge on any atom is -0.309 e. The second-order valence-electron chi connectivity index (χ2n) is 5.21. The Kier molecular flexibility index (Phi) is 7.76. The van der Waals surface area contributed by atoms with Gasteiger partial charge in [0, 0.05) is 19.1 Å². The van der Waals surface area contributed by atoms with E-state index in [1.54, 1.807) is 0 Å². The number of hydrogen-bond acceptors (Lipinski definition) is 2. The van der Waals surface area contributed by atoms with E-state index in [2.05, 4.69) is 62.2 Å². The van der Waals surface area contributed by atoms with E-state index in [4.69, 9.17) is 0 Å². The molecule has 0 spiro atoms. The second kappa shape index (κ2) is 9.11. The third kappa shape index (κ3) is 5.75. The van der Waals surface area contributed by atoms with Crippen molar-refractivity contribution in [1.82, 2.24) is 10.2 Å².